The lowest BCUT2D eigenvalue weighted by molar-refractivity contribution is -0.138. The molecule has 2 amide bonds. The number of thioether (sulfide) groups is 1. The average Bonchev–Trinajstić information content (AvgIpc) is 2.88. The Morgan fingerprint density at radius 2 is 1.81 bits per heavy atom. The topological polar surface area (TPSA) is 78.4 Å². The Labute approximate surface area is 131 Å². The predicted molar refractivity (Wildman–Crippen MR) is 86.8 cm³/mol. The molecule has 122 valence electrons. The van der Waals surface area contributed by atoms with Crippen LogP contribution in [0.5, 0.6) is 0 Å². The molecule has 0 heterocycles. The minimum Gasteiger partial charge on any atom is -0.481 e. The zero-order valence-electron chi connectivity index (χ0n) is 13.3. The van der Waals surface area contributed by atoms with Crippen LogP contribution in [0.4, 0.5) is 4.79 Å². The second-order valence-electron chi connectivity index (χ2n) is 5.96. The standard InChI is InChI=1S/C15H28N2O3S/c1-4-15(5-2,21-3)11-16-13(20)17-14(10-12(18)19)8-6-7-9-14/h4-11H2,1-3H3,(H,18,19)(H2,16,17,20). The Bertz CT molecular complexity index is 356. The number of carboxylic acid groups (broad SMARTS) is 1. The summed E-state index contributed by atoms with van der Waals surface area (Å²) in [5.41, 5.74) is -0.559. The number of aliphatic carboxylic acids is 1. The second-order valence-corrected chi connectivity index (χ2v) is 7.23. The highest BCUT2D eigenvalue weighted by atomic mass is 32.2. The highest BCUT2D eigenvalue weighted by Crippen LogP contribution is 2.33. The Balaban J connectivity index is 2.57. The third-order valence-corrected chi connectivity index (χ3v) is 6.31. The van der Waals surface area contributed by atoms with Gasteiger partial charge in [0, 0.05) is 11.3 Å². The third kappa shape index (κ3) is 5.09. The zero-order chi connectivity index (χ0) is 15.9. The van der Waals surface area contributed by atoms with E-state index in [4.69, 9.17) is 5.11 Å². The van der Waals surface area contributed by atoms with Crippen molar-refractivity contribution in [3.8, 4) is 0 Å². The van der Waals surface area contributed by atoms with Crippen LogP contribution in [0.2, 0.25) is 0 Å². The predicted octanol–water partition coefficient (Wildman–Crippen LogP) is 2.99. The molecule has 3 N–H and O–H groups in total. The molecule has 0 saturated heterocycles. The maximum absolute atomic E-state index is 12.2. The van der Waals surface area contributed by atoms with Crippen LogP contribution in [0.1, 0.15) is 58.8 Å². The molecular formula is C15H28N2O3S. The molecule has 1 fully saturated rings. The van der Waals surface area contributed by atoms with Crippen LogP contribution in [0.25, 0.3) is 0 Å². The summed E-state index contributed by atoms with van der Waals surface area (Å²) in [5.74, 6) is -0.849. The van der Waals surface area contributed by atoms with E-state index in [0.717, 1.165) is 38.5 Å². The number of amides is 2. The molecule has 0 spiro atoms. The molecule has 21 heavy (non-hydrogen) atoms. The van der Waals surface area contributed by atoms with Crippen LogP contribution in [-0.4, -0.2) is 40.2 Å². The van der Waals surface area contributed by atoms with E-state index in [1.807, 2.05) is 0 Å². The molecular weight excluding hydrogens is 288 g/mol. The summed E-state index contributed by atoms with van der Waals surface area (Å²) in [6, 6.07) is -0.238. The van der Waals surface area contributed by atoms with Crippen LogP contribution in [0, 0.1) is 0 Å². The number of rotatable bonds is 8. The first-order valence-corrected chi connectivity index (χ1v) is 8.96. The first kappa shape index (κ1) is 18.1. The molecule has 0 aliphatic heterocycles. The van der Waals surface area contributed by atoms with Crippen LogP contribution in [0.3, 0.4) is 0 Å². The second kappa shape index (κ2) is 7.92. The van der Waals surface area contributed by atoms with Crippen molar-refractivity contribution in [1.82, 2.24) is 10.6 Å². The molecule has 1 aliphatic carbocycles. The summed E-state index contributed by atoms with van der Waals surface area (Å²) in [4.78, 5) is 23.2. The highest BCUT2D eigenvalue weighted by Gasteiger charge is 2.37. The molecule has 0 aromatic carbocycles. The van der Waals surface area contributed by atoms with Gasteiger partial charge in [-0.15, -0.1) is 0 Å². The monoisotopic (exact) mass is 316 g/mol. The van der Waals surface area contributed by atoms with Gasteiger partial charge in [-0.3, -0.25) is 4.79 Å². The van der Waals surface area contributed by atoms with Gasteiger partial charge in [0.05, 0.1) is 12.0 Å². The van der Waals surface area contributed by atoms with E-state index in [0.29, 0.717) is 6.54 Å². The lowest BCUT2D eigenvalue weighted by Gasteiger charge is -2.32. The van der Waals surface area contributed by atoms with Crippen LogP contribution >= 0.6 is 11.8 Å². The molecule has 6 heteroatoms. The van der Waals surface area contributed by atoms with Crippen molar-refractivity contribution in [2.45, 2.75) is 69.1 Å². The van der Waals surface area contributed by atoms with E-state index < -0.39 is 11.5 Å². The van der Waals surface area contributed by atoms with Crippen LogP contribution < -0.4 is 10.6 Å². The first-order chi connectivity index (χ1) is 9.91. The molecule has 0 unspecified atom stereocenters. The quantitative estimate of drug-likeness (QED) is 0.643. The summed E-state index contributed by atoms with van der Waals surface area (Å²) in [6.07, 6.45) is 7.52. The molecule has 0 atom stereocenters. The fourth-order valence-corrected chi connectivity index (χ4v) is 3.87. The minimum absolute atomic E-state index is 0.00957. The van der Waals surface area contributed by atoms with Gasteiger partial charge in [-0.05, 0) is 31.9 Å². The molecule has 1 rings (SSSR count). The summed E-state index contributed by atoms with van der Waals surface area (Å²) in [6.45, 7) is 4.86. The van der Waals surface area contributed by atoms with Gasteiger partial charge in [-0.2, -0.15) is 11.8 Å². The van der Waals surface area contributed by atoms with Crippen molar-refractivity contribution in [3.63, 3.8) is 0 Å². The maximum Gasteiger partial charge on any atom is 0.315 e. The Hall–Kier alpha value is -0.910. The number of hydrogen-bond donors (Lipinski definition) is 3. The summed E-state index contributed by atoms with van der Waals surface area (Å²) < 4.78 is 0.0625. The Morgan fingerprint density at radius 1 is 1.24 bits per heavy atom. The summed E-state index contributed by atoms with van der Waals surface area (Å²) >= 11 is 1.78. The highest BCUT2D eigenvalue weighted by molar-refractivity contribution is 8.00. The van der Waals surface area contributed by atoms with E-state index in [2.05, 4.69) is 30.7 Å². The smallest absolute Gasteiger partial charge is 0.315 e. The van der Waals surface area contributed by atoms with Crippen molar-refractivity contribution < 1.29 is 14.7 Å². The molecule has 0 bridgehead atoms. The van der Waals surface area contributed by atoms with Crippen molar-refractivity contribution in [2.75, 3.05) is 12.8 Å². The molecule has 1 saturated carbocycles. The fourth-order valence-electron chi connectivity index (χ4n) is 3.07. The largest absolute Gasteiger partial charge is 0.481 e. The molecule has 0 radical (unpaired) electrons. The zero-order valence-corrected chi connectivity index (χ0v) is 14.1. The summed E-state index contributed by atoms with van der Waals surface area (Å²) in [5, 5.41) is 14.9. The van der Waals surface area contributed by atoms with E-state index >= 15 is 0 Å². The van der Waals surface area contributed by atoms with Crippen molar-refractivity contribution in [1.29, 1.82) is 0 Å². The molecule has 0 aromatic rings. The number of nitrogens with one attached hydrogen (secondary N) is 2. The van der Waals surface area contributed by atoms with Gasteiger partial charge in [0.15, 0.2) is 0 Å². The van der Waals surface area contributed by atoms with E-state index in [1.165, 1.54) is 0 Å². The number of urea groups is 1. The normalized spacial score (nSPS) is 17.5. The van der Waals surface area contributed by atoms with Gasteiger partial charge in [0.25, 0.3) is 0 Å². The Morgan fingerprint density at radius 3 is 2.24 bits per heavy atom. The molecule has 1 aliphatic rings. The lowest BCUT2D eigenvalue weighted by Crippen LogP contribution is -2.53. The summed E-state index contributed by atoms with van der Waals surface area (Å²) in [7, 11) is 0. The van der Waals surface area contributed by atoms with Crippen LogP contribution in [-0.2, 0) is 4.79 Å². The van der Waals surface area contributed by atoms with Crippen molar-refractivity contribution in [3.05, 3.63) is 0 Å². The number of carboxylic acids is 1. The van der Waals surface area contributed by atoms with Gasteiger partial charge in [0.1, 0.15) is 0 Å². The van der Waals surface area contributed by atoms with Crippen LogP contribution in [0.15, 0.2) is 0 Å². The van der Waals surface area contributed by atoms with E-state index in [-0.39, 0.29) is 17.2 Å². The van der Waals surface area contributed by atoms with E-state index in [1.54, 1.807) is 11.8 Å². The van der Waals surface area contributed by atoms with Gasteiger partial charge >= 0.3 is 12.0 Å². The van der Waals surface area contributed by atoms with Crippen molar-refractivity contribution >= 4 is 23.8 Å². The van der Waals surface area contributed by atoms with Gasteiger partial charge < -0.3 is 15.7 Å². The Kier molecular flexibility index (Phi) is 6.84. The fraction of sp³-hybridized carbons (Fsp3) is 0.867. The number of hydrogen-bond acceptors (Lipinski definition) is 3. The number of carbonyl (C=O) groups is 2. The SMILES string of the molecule is CCC(CC)(CNC(=O)NC1(CC(=O)O)CCCC1)SC. The first-order valence-electron chi connectivity index (χ1n) is 7.74. The molecule has 0 aromatic heterocycles. The minimum atomic E-state index is -0.849. The number of carbonyl (C=O) groups excluding carboxylic acids is 1. The van der Waals surface area contributed by atoms with Gasteiger partial charge in [-0.1, -0.05) is 26.7 Å². The lowest BCUT2D eigenvalue weighted by atomic mass is 9.93. The van der Waals surface area contributed by atoms with Crippen molar-refractivity contribution in [2.24, 2.45) is 0 Å². The van der Waals surface area contributed by atoms with E-state index in [9.17, 15) is 9.59 Å². The molecule has 5 nitrogen and oxygen atoms in total. The van der Waals surface area contributed by atoms with Gasteiger partial charge in [-0.25, -0.2) is 4.79 Å². The average molecular weight is 316 g/mol. The maximum atomic E-state index is 12.2. The third-order valence-electron chi connectivity index (χ3n) is 4.72. The van der Waals surface area contributed by atoms with Gasteiger partial charge in [0.2, 0.25) is 0 Å².